The number of benzodiazepines with no additional fused rings is 1. The van der Waals surface area contributed by atoms with Crippen molar-refractivity contribution in [3.8, 4) is 0 Å². The Morgan fingerprint density at radius 2 is 1.88 bits per heavy atom. The van der Waals surface area contributed by atoms with E-state index in [0.717, 1.165) is 16.7 Å². The van der Waals surface area contributed by atoms with Gasteiger partial charge >= 0.3 is 12.1 Å². The van der Waals surface area contributed by atoms with Gasteiger partial charge in [0, 0.05) is 11.3 Å². The number of carbonyl (C=O) groups is 3. The molecule has 0 fully saturated rings. The standard InChI is InChI=1S/C24H27N3O5S/c1-4-31-20(28)13-27-21-16(2)9-8-12-18(21)19(15-33-3)25-22(23(27)29)26-24(30)32-14-17-10-6-5-7-11-17/h5-12,22H,4,13-15H2,1-3H3,(H,26,30)/t22-/m1/s1. The fourth-order valence-electron chi connectivity index (χ4n) is 3.50. The summed E-state index contributed by atoms with van der Waals surface area (Å²) in [4.78, 5) is 44.2. The van der Waals surface area contributed by atoms with Gasteiger partial charge in [-0.05, 0) is 31.2 Å². The number of nitrogens with one attached hydrogen (secondary N) is 1. The fraction of sp³-hybridized carbons (Fsp3) is 0.333. The number of aliphatic imine (C=N–C) groups is 1. The monoisotopic (exact) mass is 469 g/mol. The highest BCUT2D eigenvalue weighted by atomic mass is 32.2. The largest absolute Gasteiger partial charge is 0.465 e. The molecule has 1 atom stereocenters. The van der Waals surface area contributed by atoms with Gasteiger partial charge in [0.2, 0.25) is 6.17 Å². The number of thioether (sulfide) groups is 1. The summed E-state index contributed by atoms with van der Waals surface area (Å²) >= 11 is 1.54. The Morgan fingerprint density at radius 1 is 1.12 bits per heavy atom. The summed E-state index contributed by atoms with van der Waals surface area (Å²) in [5.41, 5.74) is 3.60. The summed E-state index contributed by atoms with van der Waals surface area (Å²) in [6.45, 7) is 3.53. The lowest BCUT2D eigenvalue weighted by Crippen LogP contribution is -2.49. The van der Waals surface area contributed by atoms with Gasteiger partial charge in [-0.25, -0.2) is 4.79 Å². The molecular formula is C24H27N3O5S. The van der Waals surface area contributed by atoms with Crippen molar-refractivity contribution in [2.24, 2.45) is 4.99 Å². The van der Waals surface area contributed by atoms with Crippen LogP contribution in [0.5, 0.6) is 0 Å². The molecule has 3 rings (SSSR count). The zero-order chi connectivity index (χ0) is 23.8. The number of rotatable bonds is 8. The molecule has 2 aromatic rings. The fourth-order valence-corrected chi connectivity index (χ4v) is 4.01. The smallest absolute Gasteiger partial charge is 0.409 e. The van der Waals surface area contributed by atoms with Gasteiger partial charge < -0.3 is 9.47 Å². The summed E-state index contributed by atoms with van der Waals surface area (Å²) in [6.07, 6.45) is -0.0858. The predicted octanol–water partition coefficient (Wildman–Crippen LogP) is 3.31. The van der Waals surface area contributed by atoms with Gasteiger partial charge in [0.25, 0.3) is 5.91 Å². The number of fused-ring (bicyclic) bond motifs is 1. The number of aryl methyl sites for hydroxylation is 1. The summed E-state index contributed by atoms with van der Waals surface area (Å²) in [5, 5.41) is 2.56. The first-order valence-corrected chi connectivity index (χ1v) is 11.9. The Labute approximate surface area is 197 Å². The van der Waals surface area contributed by atoms with E-state index < -0.39 is 24.1 Å². The number of nitrogens with zero attached hydrogens (tertiary/aromatic N) is 2. The maximum absolute atomic E-state index is 13.5. The zero-order valence-corrected chi connectivity index (χ0v) is 19.7. The third-order valence-corrected chi connectivity index (χ3v) is 5.51. The molecule has 0 unspecified atom stereocenters. The molecule has 1 aliphatic heterocycles. The van der Waals surface area contributed by atoms with Crippen molar-refractivity contribution in [3.05, 3.63) is 65.2 Å². The highest BCUT2D eigenvalue weighted by molar-refractivity contribution is 7.99. The van der Waals surface area contributed by atoms with E-state index in [1.165, 1.54) is 4.90 Å². The van der Waals surface area contributed by atoms with Crippen LogP contribution in [0, 0.1) is 6.92 Å². The van der Waals surface area contributed by atoms with Gasteiger partial charge in [-0.2, -0.15) is 11.8 Å². The average Bonchev–Trinajstić information content (AvgIpc) is 2.90. The number of amides is 2. The van der Waals surface area contributed by atoms with Crippen LogP contribution in [0.3, 0.4) is 0 Å². The Bertz CT molecular complexity index is 1040. The van der Waals surface area contributed by atoms with Crippen LogP contribution in [0.2, 0.25) is 0 Å². The van der Waals surface area contributed by atoms with Crippen molar-refractivity contribution in [3.63, 3.8) is 0 Å². The highest BCUT2D eigenvalue weighted by Crippen LogP contribution is 2.30. The second-order valence-electron chi connectivity index (χ2n) is 7.32. The second-order valence-corrected chi connectivity index (χ2v) is 8.18. The lowest BCUT2D eigenvalue weighted by Gasteiger charge is -2.26. The number of ether oxygens (including phenoxy) is 2. The second kappa shape index (κ2) is 11.5. The predicted molar refractivity (Wildman–Crippen MR) is 129 cm³/mol. The average molecular weight is 470 g/mol. The van der Waals surface area contributed by atoms with Gasteiger partial charge in [0.1, 0.15) is 13.2 Å². The molecule has 8 nitrogen and oxygen atoms in total. The van der Waals surface area contributed by atoms with Crippen LogP contribution in [0.15, 0.2) is 53.5 Å². The molecule has 174 valence electrons. The first kappa shape index (κ1) is 24.3. The van der Waals surface area contributed by atoms with Crippen LogP contribution in [0.4, 0.5) is 10.5 Å². The normalized spacial score (nSPS) is 15.2. The SMILES string of the molecule is CCOC(=O)CN1C(=O)[C@@H](NC(=O)OCc2ccccc2)N=C(CSC)c2cccc(C)c21. The Balaban J connectivity index is 1.90. The van der Waals surface area contributed by atoms with Crippen LogP contribution < -0.4 is 10.2 Å². The summed E-state index contributed by atoms with van der Waals surface area (Å²) in [5.74, 6) is -0.557. The summed E-state index contributed by atoms with van der Waals surface area (Å²) < 4.78 is 10.4. The minimum Gasteiger partial charge on any atom is -0.465 e. The van der Waals surface area contributed by atoms with E-state index in [2.05, 4.69) is 10.3 Å². The number of anilines is 1. The number of carbonyl (C=O) groups excluding carboxylic acids is 3. The number of benzene rings is 2. The maximum atomic E-state index is 13.5. The number of para-hydroxylation sites is 1. The summed E-state index contributed by atoms with van der Waals surface area (Å²) in [7, 11) is 0. The van der Waals surface area contributed by atoms with Crippen molar-refractivity contribution in [2.75, 3.05) is 30.1 Å². The molecule has 0 aromatic heterocycles. The van der Waals surface area contributed by atoms with Crippen molar-refractivity contribution >= 4 is 41.1 Å². The first-order valence-electron chi connectivity index (χ1n) is 10.5. The topological polar surface area (TPSA) is 97.3 Å². The molecule has 0 radical (unpaired) electrons. The van der Waals surface area contributed by atoms with Gasteiger partial charge in [-0.3, -0.25) is 24.8 Å². The van der Waals surface area contributed by atoms with Crippen molar-refractivity contribution in [1.29, 1.82) is 0 Å². The molecule has 0 spiro atoms. The molecule has 1 aliphatic rings. The molecule has 1 N–H and O–H groups in total. The third-order valence-electron chi connectivity index (χ3n) is 4.94. The van der Waals surface area contributed by atoms with E-state index in [1.807, 2.05) is 61.7 Å². The van der Waals surface area contributed by atoms with Crippen LogP contribution in [0.1, 0.15) is 23.6 Å². The number of esters is 1. The zero-order valence-electron chi connectivity index (χ0n) is 18.9. The number of hydrogen-bond acceptors (Lipinski definition) is 7. The Hall–Kier alpha value is -3.33. The molecule has 0 aliphatic carbocycles. The highest BCUT2D eigenvalue weighted by Gasteiger charge is 2.35. The molecule has 9 heteroatoms. The van der Waals surface area contributed by atoms with Gasteiger partial charge in [-0.1, -0.05) is 48.5 Å². The van der Waals surface area contributed by atoms with Gasteiger partial charge in [0.15, 0.2) is 0 Å². The third kappa shape index (κ3) is 6.13. The van der Waals surface area contributed by atoms with E-state index in [0.29, 0.717) is 17.2 Å². The van der Waals surface area contributed by atoms with Crippen LogP contribution in [0.25, 0.3) is 0 Å². The lowest BCUT2D eigenvalue weighted by molar-refractivity contribution is -0.142. The van der Waals surface area contributed by atoms with E-state index in [9.17, 15) is 14.4 Å². The maximum Gasteiger partial charge on any atom is 0.409 e. The molecular weight excluding hydrogens is 442 g/mol. The van der Waals surface area contributed by atoms with Crippen molar-refractivity contribution in [2.45, 2.75) is 26.6 Å². The van der Waals surface area contributed by atoms with Gasteiger partial charge in [0.05, 0.1) is 18.0 Å². The minimum atomic E-state index is -1.24. The minimum absolute atomic E-state index is 0.0564. The van der Waals surface area contributed by atoms with Crippen molar-refractivity contribution in [1.82, 2.24) is 5.32 Å². The van der Waals surface area contributed by atoms with Crippen molar-refractivity contribution < 1.29 is 23.9 Å². The lowest BCUT2D eigenvalue weighted by atomic mass is 10.0. The van der Waals surface area contributed by atoms with E-state index >= 15 is 0 Å². The molecule has 0 bridgehead atoms. The molecule has 0 saturated carbocycles. The molecule has 2 amide bonds. The van der Waals surface area contributed by atoms with Crippen LogP contribution >= 0.6 is 11.8 Å². The van der Waals surface area contributed by atoms with Crippen LogP contribution in [-0.4, -0.2) is 55.0 Å². The Kier molecular flexibility index (Phi) is 8.48. The van der Waals surface area contributed by atoms with Gasteiger partial charge in [-0.15, -0.1) is 0 Å². The molecule has 1 heterocycles. The molecule has 33 heavy (non-hydrogen) atoms. The first-order chi connectivity index (χ1) is 15.9. The number of hydrogen-bond donors (Lipinski definition) is 1. The molecule has 0 saturated heterocycles. The Morgan fingerprint density at radius 3 is 2.58 bits per heavy atom. The molecule has 2 aromatic carbocycles. The quantitative estimate of drug-likeness (QED) is 0.596. The van der Waals surface area contributed by atoms with E-state index in [1.54, 1.807) is 18.7 Å². The van der Waals surface area contributed by atoms with Crippen LogP contribution in [-0.2, 0) is 25.7 Å². The number of alkyl carbamates (subject to hydrolysis) is 1. The summed E-state index contributed by atoms with van der Waals surface area (Å²) in [6, 6.07) is 14.8. The van der Waals surface area contributed by atoms with E-state index in [-0.39, 0.29) is 19.8 Å². The van der Waals surface area contributed by atoms with E-state index in [4.69, 9.17) is 9.47 Å².